The van der Waals surface area contributed by atoms with Gasteiger partial charge in [-0.25, -0.2) is 0 Å². The average Bonchev–Trinajstić information content (AvgIpc) is 2.53. The predicted molar refractivity (Wildman–Crippen MR) is 85.4 cm³/mol. The molecule has 0 unspecified atom stereocenters. The standard InChI is InChI=1S/C17H17ClO4/c1-12(19)13-7-8-16(17(11-13)20-2)22-10-9-21-15-6-4-3-5-14(15)18/h3-8,11H,9-10H2,1-2H3. The SMILES string of the molecule is COc1cc(C(C)=O)ccc1OCCOc1ccccc1Cl. The van der Waals surface area contributed by atoms with Crippen LogP contribution in [-0.2, 0) is 0 Å². The van der Waals surface area contributed by atoms with Crippen LogP contribution in [0, 0.1) is 0 Å². The second-order valence-electron chi connectivity index (χ2n) is 4.55. The summed E-state index contributed by atoms with van der Waals surface area (Å²) in [5.74, 6) is 1.68. The number of benzene rings is 2. The smallest absolute Gasteiger partial charge is 0.161 e. The summed E-state index contributed by atoms with van der Waals surface area (Å²) in [5, 5.41) is 0.561. The van der Waals surface area contributed by atoms with Crippen LogP contribution < -0.4 is 14.2 Å². The molecule has 5 heteroatoms. The Balaban J connectivity index is 1.92. The van der Waals surface area contributed by atoms with Crippen molar-refractivity contribution in [3.63, 3.8) is 0 Å². The van der Waals surface area contributed by atoms with Crippen LogP contribution >= 0.6 is 11.6 Å². The topological polar surface area (TPSA) is 44.8 Å². The highest BCUT2D eigenvalue weighted by Gasteiger charge is 2.08. The molecular weight excluding hydrogens is 304 g/mol. The molecule has 116 valence electrons. The first-order valence-electron chi connectivity index (χ1n) is 6.81. The van der Waals surface area contributed by atoms with Crippen molar-refractivity contribution in [1.82, 2.24) is 0 Å². The third-order valence-electron chi connectivity index (χ3n) is 3.01. The molecule has 0 radical (unpaired) electrons. The molecule has 4 nitrogen and oxygen atoms in total. The quantitative estimate of drug-likeness (QED) is 0.571. The van der Waals surface area contributed by atoms with E-state index in [1.54, 1.807) is 30.3 Å². The number of methoxy groups -OCH3 is 1. The molecule has 0 aliphatic carbocycles. The lowest BCUT2D eigenvalue weighted by molar-refractivity contribution is 0.101. The fourth-order valence-electron chi connectivity index (χ4n) is 1.87. The van der Waals surface area contributed by atoms with Crippen molar-refractivity contribution in [2.45, 2.75) is 6.92 Å². The van der Waals surface area contributed by atoms with Crippen molar-refractivity contribution >= 4 is 17.4 Å². The van der Waals surface area contributed by atoms with E-state index < -0.39 is 0 Å². The average molecular weight is 321 g/mol. The number of ether oxygens (including phenoxy) is 3. The highest BCUT2D eigenvalue weighted by atomic mass is 35.5. The maximum absolute atomic E-state index is 11.3. The first kappa shape index (κ1) is 16.2. The van der Waals surface area contributed by atoms with Gasteiger partial charge in [-0.3, -0.25) is 4.79 Å². The fraction of sp³-hybridized carbons (Fsp3) is 0.235. The molecule has 0 bridgehead atoms. The Labute approximate surface area is 134 Å². The number of hydrogen-bond acceptors (Lipinski definition) is 4. The molecule has 0 atom stereocenters. The van der Waals surface area contributed by atoms with Crippen molar-refractivity contribution in [3.8, 4) is 17.2 Å². The van der Waals surface area contributed by atoms with Gasteiger partial charge < -0.3 is 14.2 Å². The Morgan fingerprint density at radius 3 is 2.32 bits per heavy atom. The van der Waals surface area contributed by atoms with Crippen molar-refractivity contribution in [1.29, 1.82) is 0 Å². The Hall–Kier alpha value is -2.20. The van der Waals surface area contributed by atoms with E-state index in [2.05, 4.69) is 0 Å². The molecular formula is C17H17ClO4. The lowest BCUT2D eigenvalue weighted by Crippen LogP contribution is -2.10. The Bertz CT molecular complexity index is 655. The number of ketones is 1. The van der Waals surface area contributed by atoms with E-state index in [1.807, 2.05) is 12.1 Å². The summed E-state index contributed by atoms with van der Waals surface area (Å²) in [5.41, 5.74) is 0.580. The lowest BCUT2D eigenvalue weighted by Gasteiger charge is -2.12. The van der Waals surface area contributed by atoms with Crippen LogP contribution in [0.5, 0.6) is 17.2 Å². The lowest BCUT2D eigenvalue weighted by atomic mass is 10.1. The normalized spacial score (nSPS) is 10.1. The highest BCUT2D eigenvalue weighted by Crippen LogP contribution is 2.28. The van der Waals surface area contributed by atoms with Gasteiger partial charge in [0, 0.05) is 5.56 Å². The Morgan fingerprint density at radius 1 is 1.00 bits per heavy atom. The molecule has 0 spiro atoms. The third-order valence-corrected chi connectivity index (χ3v) is 3.32. The van der Waals surface area contributed by atoms with Crippen molar-refractivity contribution in [2.24, 2.45) is 0 Å². The van der Waals surface area contributed by atoms with Crippen LogP contribution in [0.15, 0.2) is 42.5 Å². The van der Waals surface area contributed by atoms with Gasteiger partial charge in [0.2, 0.25) is 0 Å². The van der Waals surface area contributed by atoms with Gasteiger partial charge in [-0.15, -0.1) is 0 Å². The van der Waals surface area contributed by atoms with Crippen LogP contribution in [0.25, 0.3) is 0 Å². The largest absolute Gasteiger partial charge is 0.493 e. The van der Waals surface area contributed by atoms with Gasteiger partial charge in [-0.1, -0.05) is 23.7 Å². The van der Waals surface area contributed by atoms with Crippen molar-refractivity contribution < 1.29 is 19.0 Å². The van der Waals surface area contributed by atoms with E-state index in [0.717, 1.165) is 0 Å². The summed E-state index contributed by atoms with van der Waals surface area (Å²) >= 11 is 6.00. The van der Waals surface area contributed by atoms with E-state index >= 15 is 0 Å². The Kier molecular flexibility index (Phi) is 5.67. The summed E-state index contributed by atoms with van der Waals surface area (Å²) < 4.78 is 16.4. The molecule has 0 heterocycles. The zero-order chi connectivity index (χ0) is 15.9. The Morgan fingerprint density at radius 2 is 1.68 bits per heavy atom. The maximum Gasteiger partial charge on any atom is 0.161 e. The summed E-state index contributed by atoms with van der Waals surface area (Å²) in [6, 6.07) is 12.3. The van der Waals surface area contributed by atoms with Crippen LogP contribution in [0.2, 0.25) is 5.02 Å². The molecule has 0 amide bonds. The second kappa shape index (κ2) is 7.71. The molecule has 22 heavy (non-hydrogen) atoms. The highest BCUT2D eigenvalue weighted by molar-refractivity contribution is 6.32. The van der Waals surface area contributed by atoms with E-state index in [9.17, 15) is 4.79 Å². The minimum absolute atomic E-state index is 0.0214. The van der Waals surface area contributed by atoms with Gasteiger partial charge in [-0.05, 0) is 37.3 Å². The van der Waals surface area contributed by atoms with Gasteiger partial charge in [0.15, 0.2) is 17.3 Å². The summed E-state index contributed by atoms with van der Waals surface area (Å²) in [6.07, 6.45) is 0. The fourth-order valence-corrected chi connectivity index (χ4v) is 2.06. The zero-order valence-electron chi connectivity index (χ0n) is 12.5. The molecule has 0 N–H and O–H groups in total. The number of carbonyl (C=O) groups excluding carboxylic acids is 1. The minimum atomic E-state index is -0.0214. The molecule has 0 saturated carbocycles. The summed E-state index contributed by atoms with van der Waals surface area (Å²) in [6.45, 7) is 2.19. The van der Waals surface area contributed by atoms with Crippen molar-refractivity contribution in [3.05, 3.63) is 53.1 Å². The molecule has 0 aliphatic heterocycles. The summed E-state index contributed by atoms with van der Waals surface area (Å²) in [7, 11) is 1.53. The number of halogens is 1. The predicted octanol–water partition coefficient (Wildman–Crippen LogP) is 4.01. The number of rotatable bonds is 7. The maximum atomic E-state index is 11.3. The first-order chi connectivity index (χ1) is 10.6. The van der Waals surface area contributed by atoms with Gasteiger partial charge in [0.05, 0.1) is 12.1 Å². The monoisotopic (exact) mass is 320 g/mol. The zero-order valence-corrected chi connectivity index (χ0v) is 13.2. The molecule has 0 aromatic heterocycles. The molecule has 0 aliphatic rings. The summed E-state index contributed by atoms with van der Waals surface area (Å²) in [4.78, 5) is 11.3. The number of Topliss-reactive ketones (excluding diaryl/α,β-unsaturated/α-hetero) is 1. The van der Waals surface area contributed by atoms with Gasteiger partial charge in [-0.2, -0.15) is 0 Å². The van der Waals surface area contributed by atoms with Crippen molar-refractivity contribution in [2.75, 3.05) is 20.3 Å². The van der Waals surface area contributed by atoms with Gasteiger partial charge in [0.25, 0.3) is 0 Å². The third kappa shape index (κ3) is 4.15. The van der Waals surface area contributed by atoms with E-state index in [1.165, 1.54) is 14.0 Å². The number of para-hydroxylation sites is 1. The van der Waals surface area contributed by atoms with Crippen LogP contribution in [-0.4, -0.2) is 26.1 Å². The van der Waals surface area contributed by atoms with E-state index in [0.29, 0.717) is 41.0 Å². The van der Waals surface area contributed by atoms with Crippen LogP contribution in [0.4, 0.5) is 0 Å². The number of hydrogen-bond donors (Lipinski definition) is 0. The van der Waals surface area contributed by atoms with E-state index in [-0.39, 0.29) is 5.78 Å². The molecule has 0 saturated heterocycles. The minimum Gasteiger partial charge on any atom is -0.493 e. The van der Waals surface area contributed by atoms with Crippen LogP contribution in [0.3, 0.4) is 0 Å². The van der Waals surface area contributed by atoms with Gasteiger partial charge >= 0.3 is 0 Å². The van der Waals surface area contributed by atoms with Gasteiger partial charge in [0.1, 0.15) is 19.0 Å². The molecule has 2 aromatic carbocycles. The number of carbonyl (C=O) groups is 1. The molecule has 2 rings (SSSR count). The molecule has 0 fully saturated rings. The molecule has 2 aromatic rings. The second-order valence-corrected chi connectivity index (χ2v) is 4.96. The van der Waals surface area contributed by atoms with Crippen LogP contribution in [0.1, 0.15) is 17.3 Å². The first-order valence-corrected chi connectivity index (χ1v) is 7.18. The van der Waals surface area contributed by atoms with E-state index in [4.69, 9.17) is 25.8 Å².